The van der Waals surface area contributed by atoms with E-state index in [4.69, 9.17) is 19.9 Å². The quantitative estimate of drug-likeness (QED) is 0.778. The van der Waals surface area contributed by atoms with Crippen molar-refractivity contribution in [3.8, 4) is 11.5 Å². The highest BCUT2D eigenvalue weighted by Crippen LogP contribution is 2.34. The molecule has 1 aliphatic carbocycles. The third kappa shape index (κ3) is 4.68. The lowest BCUT2D eigenvalue weighted by atomic mass is 9.92. The molecular weight excluding hydrogens is 332 g/mol. The SMILES string of the molecule is COc1cccc(CNC(=O)C(N)C2CCOCC2)c1OC1CCCC1. The molecule has 1 unspecified atom stereocenters. The van der Waals surface area contributed by atoms with Crippen molar-refractivity contribution in [2.75, 3.05) is 20.3 Å². The summed E-state index contributed by atoms with van der Waals surface area (Å²) in [4.78, 5) is 12.5. The van der Waals surface area contributed by atoms with Gasteiger partial charge in [-0.05, 0) is 50.5 Å². The fraction of sp³-hybridized carbons (Fsp3) is 0.650. The zero-order valence-electron chi connectivity index (χ0n) is 15.5. The lowest BCUT2D eigenvalue weighted by Crippen LogP contribution is -2.46. The van der Waals surface area contributed by atoms with E-state index in [1.807, 2.05) is 18.2 Å². The number of benzene rings is 1. The van der Waals surface area contributed by atoms with Gasteiger partial charge in [-0.25, -0.2) is 0 Å². The summed E-state index contributed by atoms with van der Waals surface area (Å²) in [5, 5.41) is 2.97. The number of rotatable bonds is 7. The molecule has 1 aliphatic heterocycles. The van der Waals surface area contributed by atoms with Crippen LogP contribution in [0.3, 0.4) is 0 Å². The van der Waals surface area contributed by atoms with Crippen LogP contribution in [0.4, 0.5) is 0 Å². The molecule has 1 aromatic carbocycles. The molecule has 26 heavy (non-hydrogen) atoms. The summed E-state index contributed by atoms with van der Waals surface area (Å²) >= 11 is 0. The fourth-order valence-corrected chi connectivity index (χ4v) is 3.76. The highest BCUT2D eigenvalue weighted by Gasteiger charge is 2.27. The molecule has 0 radical (unpaired) electrons. The molecule has 6 nitrogen and oxygen atoms in total. The molecule has 6 heteroatoms. The highest BCUT2D eigenvalue weighted by atomic mass is 16.5. The van der Waals surface area contributed by atoms with E-state index < -0.39 is 6.04 Å². The first-order valence-corrected chi connectivity index (χ1v) is 9.62. The van der Waals surface area contributed by atoms with Gasteiger partial charge in [-0.3, -0.25) is 4.79 Å². The number of ether oxygens (including phenoxy) is 3. The molecule has 2 aliphatic rings. The first-order chi connectivity index (χ1) is 12.7. The van der Waals surface area contributed by atoms with Crippen LogP contribution >= 0.6 is 0 Å². The summed E-state index contributed by atoms with van der Waals surface area (Å²) in [5.74, 6) is 1.51. The summed E-state index contributed by atoms with van der Waals surface area (Å²) < 4.78 is 17.0. The molecule has 3 N–H and O–H groups in total. The number of nitrogens with one attached hydrogen (secondary N) is 1. The third-order valence-electron chi connectivity index (χ3n) is 5.40. The zero-order valence-corrected chi connectivity index (χ0v) is 15.5. The fourth-order valence-electron chi connectivity index (χ4n) is 3.76. The van der Waals surface area contributed by atoms with Gasteiger partial charge in [0, 0.05) is 25.3 Å². The molecule has 3 rings (SSSR count). The van der Waals surface area contributed by atoms with Gasteiger partial charge in [0.05, 0.1) is 19.3 Å². The predicted molar refractivity (Wildman–Crippen MR) is 99.2 cm³/mol. The first kappa shape index (κ1) is 19.0. The molecule has 0 aromatic heterocycles. The van der Waals surface area contributed by atoms with E-state index in [0.29, 0.717) is 25.5 Å². The van der Waals surface area contributed by atoms with E-state index >= 15 is 0 Å². The van der Waals surface area contributed by atoms with Crippen LogP contribution in [-0.2, 0) is 16.1 Å². The van der Waals surface area contributed by atoms with E-state index in [9.17, 15) is 4.79 Å². The normalized spacial score (nSPS) is 19.9. The molecule has 0 spiro atoms. The summed E-state index contributed by atoms with van der Waals surface area (Å²) in [7, 11) is 1.64. The van der Waals surface area contributed by atoms with Crippen LogP contribution < -0.4 is 20.5 Å². The lowest BCUT2D eigenvalue weighted by Gasteiger charge is -2.27. The number of carbonyl (C=O) groups excluding carboxylic acids is 1. The third-order valence-corrected chi connectivity index (χ3v) is 5.40. The smallest absolute Gasteiger partial charge is 0.237 e. The van der Waals surface area contributed by atoms with Gasteiger partial charge < -0.3 is 25.3 Å². The Hall–Kier alpha value is -1.79. The van der Waals surface area contributed by atoms with Crippen molar-refractivity contribution in [2.45, 2.75) is 57.2 Å². The van der Waals surface area contributed by atoms with E-state index in [2.05, 4.69) is 5.32 Å². The Morgan fingerprint density at radius 2 is 2.00 bits per heavy atom. The monoisotopic (exact) mass is 362 g/mol. The Bertz CT molecular complexity index is 595. The van der Waals surface area contributed by atoms with E-state index in [0.717, 1.165) is 37.0 Å². The van der Waals surface area contributed by atoms with Gasteiger partial charge >= 0.3 is 0 Å². The maximum atomic E-state index is 12.5. The Morgan fingerprint density at radius 1 is 1.27 bits per heavy atom. The number of carbonyl (C=O) groups is 1. The van der Waals surface area contributed by atoms with Crippen LogP contribution in [0.5, 0.6) is 11.5 Å². The second-order valence-corrected chi connectivity index (χ2v) is 7.17. The van der Waals surface area contributed by atoms with Crippen LogP contribution in [0, 0.1) is 5.92 Å². The van der Waals surface area contributed by atoms with Crippen LogP contribution in [0.15, 0.2) is 18.2 Å². The van der Waals surface area contributed by atoms with Gasteiger partial charge in [0.25, 0.3) is 0 Å². The molecule has 1 saturated heterocycles. The summed E-state index contributed by atoms with van der Waals surface area (Å²) in [5.41, 5.74) is 7.08. The van der Waals surface area contributed by atoms with Crippen molar-refractivity contribution < 1.29 is 19.0 Å². The van der Waals surface area contributed by atoms with Gasteiger partial charge in [0.1, 0.15) is 0 Å². The van der Waals surface area contributed by atoms with Crippen molar-refractivity contribution >= 4 is 5.91 Å². The van der Waals surface area contributed by atoms with Gasteiger partial charge in [0.2, 0.25) is 5.91 Å². The number of amides is 1. The van der Waals surface area contributed by atoms with Gasteiger partial charge in [0.15, 0.2) is 11.5 Å². The highest BCUT2D eigenvalue weighted by molar-refractivity contribution is 5.81. The molecule has 144 valence electrons. The largest absolute Gasteiger partial charge is 0.493 e. The minimum atomic E-state index is -0.497. The Morgan fingerprint density at radius 3 is 2.69 bits per heavy atom. The lowest BCUT2D eigenvalue weighted by molar-refractivity contribution is -0.124. The van der Waals surface area contributed by atoms with Crippen molar-refractivity contribution in [2.24, 2.45) is 11.7 Å². The number of methoxy groups -OCH3 is 1. The molecule has 0 bridgehead atoms. The number of hydrogen-bond donors (Lipinski definition) is 2. The van der Waals surface area contributed by atoms with Gasteiger partial charge in [-0.2, -0.15) is 0 Å². The summed E-state index contributed by atoms with van der Waals surface area (Å²) in [6.45, 7) is 1.75. The number of hydrogen-bond acceptors (Lipinski definition) is 5. The standard InChI is InChI=1S/C20H30N2O4/c1-24-17-8-4-5-15(19(17)26-16-6-2-3-7-16)13-22-20(23)18(21)14-9-11-25-12-10-14/h4-5,8,14,16,18H,2-3,6-7,9-13,21H2,1H3,(H,22,23). The van der Waals surface area contributed by atoms with Crippen molar-refractivity contribution in [3.05, 3.63) is 23.8 Å². The Labute approximate surface area is 155 Å². The second-order valence-electron chi connectivity index (χ2n) is 7.17. The van der Waals surface area contributed by atoms with Crippen LogP contribution in [0.2, 0.25) is 0 Å². The van der Waals surface area contributed by atoms with Crippen LogP contribution in [0.1, 0.15) is 44.1 Å². The van der Waals surface area contributed by atoms with Crippen molar-refractivity contribution in [3.63, 3.8) is 0 Å². The molecule has 2 fully saturated rings. The average Bonchev–Trinajstić information content (AvgIpc) is 3.20. The second kappa shape index (κ2) is 9.24. The average molecular weight is 362 g/mol. The molecule has 1 saturated carbocycles. The summed E-state index contributed by atoms with van der Waals surface area (Å²) in [6, 6.07) is 5.28. The summed E-state index contributed by atoms with van der Waals surface area (Å²) in [6.07, 6.45) is 6.44. The van der Waals surface area contributed by atoms with E-state index in [-0.39, 0.29) is 17.9 Å². The Kier molecular flexibility index (Phi) is 6.74. The van der Waals surface area contributed by atoms with Gasteiger partial charge in [-0.1, -0.05) is 12.1 Å². The van der Waals surface area contributed by atoms with Crippen molar-refractivity contribution in [1.82, 2.24) is 5.32 Å². The van der Waals surface area contributed by atoms with Crippen LogP contribution in [0.25, 0.3) is 0 Å². The van der Waals surface area contributed by atoms with Gasteiger partial charge in [-0.15, -0.1) is 0 Å². The molecule has 1 amide bonds. The number of para-hydroxylation sites is 1. The van der Waals surface area contributed by atoms with Crippen molar-refractivity contribution in [1.29, 1.82) is 0 Å². The minimum Gasteiger partial charge on any atom is -0.493 e. The molecule has 1 atom stereocenters. The number of nitrogens with two attached hydrogens (primary N) is 1. The molecule has 1 aromatic rings. The molecule has 1 heterocycles. The molecular formula is C20H30N2O4. The van der Waals surface area contributed by atoms with E-state index in [1.54, 1.807) is 7.11 Å². The minimum absolute atomic E-state index is 0.119. The maximum absolute atomic E-state index is 12.5. The van der Waals surface area contributed by atoms with Crippen LogP contribution in [-0.4, -0.2) is 38.4 Å². The topological polar surface area (TPSA) is 82.8 Å². The zero-order chi connectivity index (χ0) is 18.4. The maximum Gasteiger partial charge on any atom is 0.237 e. The predicted octanol–water partition coefficient (Wildman–Crippen LogP) is 2.39. The van der Waals surface area contributed by atoms with E-state index in [1.165, 1.54) is 12.8 Å². The first-order valence-electron chi connectivity index (χ1n) is 9.62. The Balaban J connectivity index is 1.63.